The molecule has 2 heterocycles. The molecule has 2 rings (SSSR count). The summed E-state index contributed by atoms with van der Waals surface area (Å²) in [5, 5.41) is 0.181. The molecule has 1 saturated heterocycles. The molecule has 0 atom stereocenters. The number of pyridine rings is 1. The van der Waals surface area contributed by atoms with E-state index in [-0.39, 0.29) is 10.0 Å². The molecule has 0 spiro atoms. The number of likely N-dealkylation sites (tertiary alicyclic amines) is 1. The first-order chi connectivity index (χ1) is 9.97. The number of nitrogens with one attached hydrogen (secondary N) is 1. The van der Waals surface area contributed by atoms with Crippen LogP contribution in [0.1, 0.15) is 26.2 Å². The van der Waals surface area contributed by atoms with Crippen LogP contribution in [0.15, 0.2) is 23.2 Å². The van der Waals surface area contributed by atoms with E-state index in [0.717, 1.165) is 32.0 Å². The molecule has 1 aliphatic rings. The first-order valence-corrected chi connectivity index (χ1v) is 9.17. The summed E-state index contributed by atoms with van der Waals surface area (Å²) < 4.78 is 26.7. The lowest BCUT2D eigenvalue weighted by Gasteiger charge is -2.30. The van der Waals surface area contributed by atoms with Gasteiger partial charge < -0.3 is 4.90 Å². The molecule has 0 aromatic carbocycles. The minimum atomic E-state index is -3.49. The zero-order valence-corrected chi connectivity index (χ0v) is 13.8. The summed E-state index contributed by atoms with van der Waals surface area (Å²) in [6.45, 7) is 5.90. The molecule has 0 radical (unpaired) electrons. The topological polar surface area (TPSA) is 62.3 Å². The highest BCUT2D eigenvalue weighted by Crippen LogP contribution is 2.16. The molecule has 0 aliphatic carbocycles. The van der Waals surface area contributed by atoms with Gasteiger partial charge in [-0.05, 0) is 56.9 Å². The number of sulfonamides is 1. The Morgan fingerprint density at radius 1 is 1.43 bits per heavy atom. The van der Waals surface area contributed by atoms with Crippen molar-refractivity contribution in [3.8, 4) is 0 Å². The molecule has 1 aromatic heterocycles. The maximum Gasteiger partial charge on any atom is 0.240 e. The van der Waals surface area contributed by atoms with Crippen LogP contribution in [0.5, 0.6) is 0 Å². The van der Waals surface area contributed by atoms with Crippen LogP contribution in [0.2, 0.25) is 5.15 Å². The van der Waals surface area contributed by atoms with Crippen LogP contribution in [-0.2, 0) is 10.0 Å². The van der Waals surface area contributed by atoms with Crippen LogP contribution in [0.25, 0.3) is 0 Å². The molecule has 0 bridgehead atoms. The zero-order valence-electron chi connectivity index (χ0n) is 12.3. The molecule has 1 fully saturated rings. The van der Waals surface area contributed by atoms with Gasteiger partial charge in [-0.3, -0.25) is 0 Å². The van der Waals surface area contributed by atoms with E-state index < -0.39 is 10.0 Å². The standard InChI is InChI=1S/C14H22ClN3O2S/c1-12-4-9-18(10-5-12)8-2-6-17-21(19,20)13-3-7-16-14(15)11-13/h3,7,11-12,17H,2,4-6,8-10H2,1H3. The summed E-state index contributed by atoms with van der Waals surface area (Å²) in [5.41, 5.74) is 0. The molecule has 1 N–H and O–H groups in total. The highest BCUT2D eigenvalue weighted by molar-refractivity contribution is 7.89. The third-order valence-corrected chi connectivity index (χ3v) is 5.49. The smallest absolute Gasteiger partial charge is 0.240 e. The minimum Gasteiger partial charge on any atom is -0.303 e. The van der Waals surface area contributed by atoms with Crippen LogP contribution in [0, 0.1) is 5.92 Å². The number of hydrogen-bond acceptors (Lipinski definition) is 4. The number of hydrogen-bond donors (Lipinski definition) is 1. The molecule has 0 saturated carbocycles. The van der Waals surface area contributed by atoms with Crippen molar-refractivity contribution in [2.24, 2.45) is 5.92 Å². The van der Waals surface area contributed by atoms with E-state index in [0.29, 0.717) is 6.54 Å². The highest BCUT2D eigenvalue weighted by Gasteiger charge is 2.16. The maximum absolute atomic E-state index is 12.1. The molecule has 0 amide bonds. The van der Waals surface area contributed by atoms with Crippen molar-refractivity contribution in [3.63, 3.8) is 0 Å². The molecule has 1 aliphatic heterocycles. The van der Waals surface area contributed by atoms with Gasteiger partial charge in [-0.2, -0.15) is 0 Å². The molecular formula is C14H22ClN3O2S. The average molecular weight is 332 g/mol. The van der Waals surface area contributed by atoms with Crippen molar-refractivity contribution in [1.82, 2.24) is 14.6 Å². The van der Waals surface area contributed by atoms with Crippen molar-refractivity contribution in [1.29, 1.82) is 0 Å². The zero-order chi connectivity index (χ0) is 15.3. The molecule has 0 unspecified atom stereocenters. The van der Waals surface area contributed by atoms with Gasteiger partial charge in [0.2, 0.25) is 10.0 Å². The molecule has 7 heteroatoms. The second-order valence-corrected chi connectivity index (χ2v) is 7.74. The van der Waals surface area contributed by atoms with E-state index in [9.17, 15) is 8.42 Å². The lowest BCUT2D eigenvalue weighted by atomic mass is 9.99. The Balaban J connectivity index is 1.75. The molecule has 21 heavy (non-hydrogen) atoms. The largest absolute Gasteiger partial charge is 0.303 e. The third-order valence-electron chi connectivity index (χ3n) is 3.83. The van der Waals surface area contributed by atoms with Crippen LogP contribution in [0.3, 0.4) is 0 Å². The van der Waals surface area contributed by atoms with E-state index >= 15 is 0 Å². The van der Waals surface area contributed by atoms with Crippen LogP contribution in [0.4, 0.5) is 0 Å². The number of piperidine rings is 1. The van der Waals surface area contributed by atoms with Gasteiger partial charge >= 0.3 is 0 Å². The predicted octanol–water partition coefficient (Wildman–Crippen LogP) is 2.14. The van der Waals surface area contributed by atoms with Gasteiger partial charge in [0, 0.05) is 12.7 Å². The maximum atomic E-state index is 12.1. The molecular weight excluding hydrogens is 310 g/mol. The van der Waals surface area contributed by atoms with E-state index in [2.05, 4.69) is 21.5 Å². The SMILES string of the molecule is CC1CCN(CCCNS(=O)(=O)c2ccnc(Cl)c2)CC1. The van der Waals surface area contributed by atoms with Crippen molar-refractivity contribution in [2.45, 2.75) is 31.1 Å². The molecule has 1 aromatic rings. The number of aromatic nitrogens is 1. The fourth-order valence-electron chi connectivity index (χ4n) is 2.43. The Bertz CT molecular complexity index is 557. The van der Waals surface area contributed by atoms with Crippen LogP contribution in [-0.4, -0.2) is 44.5 Å². The van der Waals surface area contributed by atoms with Crippen molar-refractivity contribution in [2.75, 3.05) is 26.2 Å². The van der Waals surface area contributed by atoms with Gasteiger partial charge in [0.1, 0.15) is 5.15 Å². The molecule has 5 nitrogen and oxygen atoms in total. The third kappa shape index (κ3) is 5.21. The summed E-state index contributed by atoms with van der Waals surface area (Å²) in [4.78, 5) is 6.35. The van der Waals surface area contributed by atoms with Gasteiger partial charge in [-0.1, -0.05) is 18.5 Å². The monoisotopic (exact) mass is 331 g/mol. The quantitative estimate of drug-likeness (QED) is 0.641. The minimum absolute atomic E-state index is 0.161. The molecule has 118 valence electrons. The first kappa shape index (κ1) is 16.7. The second-order valence-electron chi connectivity index (χ2n) is 5.59. The first-order valence-electron chi connectivity index (χ1n) is 7.31. The van der Waals surface area contributed by atoms with E-state index in [4.69, 9.17) is 11.6 Å². The van der Waals surface area contributed by atoms with Crippen molar-refractivity contribution >= 4 is 21.6 Å². The summed E-state index contributed by atoms with van der Waals surface area (Å²) in [7, 11) is -3.49. The van der Waals surface area contributed by atoms with E-state index in [1.165, 1.54) is 31.2 Å². The van der Waals surface area contributed by atoms with Gasteiger partial charge in [-0.25, -0.2) is 18.1 Å². The summed E-state index contributed by atoms with van der Waals surface area (Å²) in [6.07, 6.45) is 4.68. The van der Waals surface area contributed by atoms with Crippen LogP contribution >= 0.6 is 11.6 Å². The van der Waals surface area contributed by atoms with E-state index in [1.807, 2.05) is 0 Å². The fraction of sp³-hybridized carbons (Fsp3) is 0.643. The Hall–Kier alpha value is -0.690. The van der Waals surface area contributed by atoms with Gasteiger partial charge in [0.15, 0.2) is 0 Å². The Morgan fingerprint density at radius 3 is 2.81 bits per heavy atom. The summed E-state index contributed by atoms with van der Waals surface area (Å²) in [6, 6.07) is 2.80. The Morgan fingerprint density at radius 2 is 2.14 bits per heavy atom. The lowest BCUT2D eigenvalue weighted by molar-refractivity contribution is 0.191. The number of halogens is 1. The Labute approximate surface area is 131 Å². The fourth-order valence-corrected chi connectivity index (χ4v) is 3.76. The van der Waals surface area contributed by atoms with Crippen molar-refractivity contribution < 1.29 is 8.42 Å². The predicted molar refractivity (Wildman–Crippen MR) is 83.9 cm³/mol. The van der Waals surface area contributed by atoms with Crippen molar-refractivity contribution in [3.05, 3.63) is 23.5 Å². The summed E-state index contributed by atoms with van der Waals surface area (Å²) >= 11 is 5.72. The van der Waals surface area contributed by atoms with Gasteiger partial charge in [0.05, 0.1) is 4.90 Å². The Kier molecular flexibility index (Phi) is 5.98. The number of nitrogens with zero attached hydrogens (tertiary/aromatic N) is 2. The van der Waals surface area contributed by atoms with Crippen LogP contribution < -0.4 is 4.72 Å². The van der Waals surface area contributed by atoms with E-state index in [1.54, 1.807) is 0 Å². The highest BCUT2D eigenvalue weighted by atomic mass is 35.5. The van der Waals surface area contributed by atoms with Gasteiger partial charge in [-0.15, -0.1) is 0 Å². The number of rotatable bonds is 6. The lowest BCUT2D eigenvalue weighted by Crippen LogP contribution is -2.35. The normalized spacial score (nSPS) is 18.0. The summed E-state index contributed by atoms with van der Waals surface area (Å²) in [5.74, 6) is 0.816. The second kappa shape index (κ2) is 7.54. The van der Waals surface area contributed by atoms with Gasteiger partial charge in [0.25, 0.3) is 0 Å². The average Bonchev–Trinajstić information content (AvgIpc) is 2.45.